The maximum atomic E-state index is 10.7. The van der Waals surface area contributed by atoms with Crippen LogP contribution in [0.15, 0.2) is 158 Å². The van der Waals surface area contributed by atoms with Crippen LogP contribution < -0.4 is 0 Å². The molecule has 50 heavy (non-hydrogen) atoms. The lowest BCUT2D eigenvalue weighted by Gasteiger charge is -2.13. The molecule has 0 spiro atoms. The predicted octanol–water partition coefficient (Wildman–Crippen LogP) is 12.0. The first-order valence-electron chi connectivity index (χ1n) is 16.6. The number of nitrogens with zero attached hydrogens (tertiary/aromatic N) is 4. The molecule has 4 nitrogen and oxygen atoms in total. The summed E-state index contributed by atoms with van der Waals surface area (Å²) in [6.45, 7) is 0. The molecule has 0 atom stereocenters. The first-order valence-corrected chi connectivity index (χ1v) is 17.4. The second kappa shape index (κ2) is 11.2. The van der Waals surface area contributed by atoms with Crippen molar-refractivity contribution >= 4 is 64.1 Å². The van der Waals surface area contributed by atoms with Gasteiger partial charge in [-0.25, -0.2) is 9.97 Å². The molecule has 0 aliphatic carbocycles. The van der Waals surface area contributed by atoms with Gasteiger partial charge in [0.2, 0.25) is 0 Å². The van der Waals surface area contributed by atoms with Crippen LogP contribution in [0.5, 0.6) is 0 Å². The zero-order chi connectivity index (χ0) is 33.2. The van der Waals surface area contributed by atoms with Crippen molar-refractivity contribution in [2.75, 3.05) is 0 Å². The third-order valence-corrected chi connectivity index (χ3v) is 10.8. The van der Waals surface area contributed by atoms with Crippen LogP contribution in [0.1, 0.15) is 5.56 Å². The maximum Gasteiger partial charge on any atom is 0.160 e. The molecule has 10 rings (SSSR count). The normalized spacial score (nSPS) is 11.6. The number of aromatic nitrogens is 3. The van der Waals surface area contributed by atoms with Gasteiger partial charge in [-0.05, 0) is 53.2 Å². The Morgan fingerprint density at radius 2 is 1.20 bits per heavy atom. The van der Waals surface area contributed by atoms with Gasteiger partial charge in [0.05, 0.1) is 22.4 Å². The van der Waals surface area contributed by atoms with E-state index in [4.69, 9.17) is 9.97 Å². The van der Waals surface area contributed by atoms with Gasteiger partial charge in [-0.1, -0.05) is 115 Å². The Morgan fingerprint density at radius 3 is 2.00 bits per heavy atom. The molecule has 0 aliphatic rings. The Labute approximate surface area is 291 Å². The van der Waals surface area contributed by atoms with Crippen LogP contribution in [-0.2, 0) is 0 Å². The summed E-state index contributed by atoms with van der Waals surface area (Å²) in [5, 5.41) is 17.8. The lowest BCUT2D eigenvalue weighted by molar-refractivity contribution is 1.17. The molecular weight excluding hydrogens is 629 g/mol. The van der Waals surface area contributed by atoms with Gasteiger partial charge in [0.15, 0.2) is 5.82 Å². The third kappa shape index (κ3) is 4.36. The van der Waals surface area contributed by atoms with Crippen LogP contribution in [-0.4, -0.2) is 14.5 Å². The topological polar surface area (TPSA) is 54.5 Å². The number of rotatable bonds is 4. The highest BCUT2D eigenvalue weighted by atomic mass is 32.1. The Balaban J connectivity index is 1.22. The molecule has 0 bridgehead atoms. The van der Waals surface area contributed by atoms with Crippen molar-refractivity contribution in [3.05, 3.63) is 163 Å². The molecule has 0 saturated carbocycles. The zero-order valence-corrected chi connectivity index (χ0v) is 27.5. The summed E-state index contributed by atoms with van der Waals surface area (Å²) in [6.07, 6.45) is 0. The van der Waals surface area contributed by atoms with Crippen LogP contribution in [0.2, 0.25) is 0 Å². The van der Waals surface area contributed by atoms with Crippen molar-refractivity contribution in [2.45, 2.75) is 0 Å². The number of benzene rings is 7. The molecular formula is C45H26N4S. The summed E-state index contributed by atoms with van der Waals surface area (Å²) >= 11 is 1.82. The summed E-state index contributed by atoms with van der Waals surface area (Å²) in [4.78, 5) is 10.1. The van der Waals surface area contributed by atoms with E-state index in [1.165, 1.54) is 36.6 Å². The summed E-state index contributed by atoms with van der Waals surface area (Å²) in [7, 11) is 0. The second-order valence-electron chi connectivity index (χ2n) is 12.5. The molecule has 3 heterocycles. The highest BCUT2D eigenvalue weighted by Crippen LogP contribution is 2.44. The van der Waals surface area contributed by atoms with Crippen LogP contribution in [0.4, 0.5) is 0 Å². The van der Waals surface area contributed by atoms with Crippen molar-refractivity contribution in [1.82, 2.24) is 14.5 Å². The number of thiophene rings is 1. The first-order chi connectivity index (χ1) is 24.7. The third-order valence-electron chi connectivity index (χ3n) is 9.64. The Morgan fingerprint density at radius 1 is 0.520 bits per heavy atom. The summed E-state index contributed by atoms with van der Waals surface area (Å²) in [5.41, 5.74) is 7.93. The minimum absolute atomic E-state index is 0.465. The number of nitriles is 1. The highest BCUT2D eigenvalue weighted by molar-refractivity contribution is 7.26. The van der Waals surface area contributed by atoms with Gasteiger partial charge in [-0.3, -0.25) is 0 Å². The summed E-state index contributed by atoms with van der Waals surface area (Å²) in [6, 6.07) is 57.2. The van der Waals surface area contributed by atoms with Crippen LogP contribution in [0, 0.1) is 11.3 Å². The minimum atomic E-state index is 0.465. The molecule has 10 aromatic rings. The molecule has 7 aromatic carbocycles. The average Bonchev–Trinajstić information content (AvgIpc) is 3.73. The SMILES string of the molecule is N#Cc1c(-c2ccc3ccccc3c2)nc(-c2ccccc2)nc1-c1ccc2sc3c(ccc4c3c3ccccc3n4-c3ccccc3)c2c1. The van der Waals surface area contributed by atoms with E-state index < -0.39 is 0 Å². The molecule has 0 aliphatic heterocycles. The number of fused-ring (bicyclic) bond motifs is 8. The summed E-state index contributed by atoms with van der Waals surface area (Å²) in [5.74, 6) is 0.591. The number of hydrogen-bond donors (Lipinski definition) is 0. The Bertz CT molecular complexity index is 2990. The Hall–Kier alpha value is -6.61. The van der Waals surface area contributed by atoms with Crippen LogP contribution in [0.25, 0.3) is 92.3 Å². The lowest BCUT2D eigenvalue weighted by Crippen LogP contribution is -2.01. The molecule has 5 heteroatoms. The maximum absolute atomic E-state index is 10.7. The molecule has 0 fully saturated rings. The van der Waals surface area contributed by atoms with Gasteiger partial charge < -0.3 is 4.57 Å². The fourth-order valence-corrected chi connectivity index (χ4v) is 8.57. The van der Waals surface area contributed by atoms with E-state index in [0.29, 0.717) is 22.8 Å². The first kappa shape index (κ1) is 28.4. The van der Waals surface area contributed by atoms with Crippen LogP contribution >= 0.6 is 11.3 Å². The molecule has 232 valence electrons. The van der Waals surface area contributed by atoms with E-state index >= 15 is 0 Å². The van der Waals surface area contributed by atoms with E-state index in [2.05, 4.69) is 126 Å². The fourth-order valence-electron chi connectivity index (χ4n) is 7.33. The van der Waals surface area contributed by atoms with Crippen molar-refractivity contribution in [1.29, 1.82) is 5.26 Å². The quantitative estimate of drug-likeness (QED) is 0.190. The van der Waals surface area contributed by atoms with E-state index in [9.17, 15) is 5.26 Å². The molecule has 0 amide bonds. The smallest absolute Gasteiger partial charge is 0.160 e. The molecule has 3 aromatic heterocycles. The predicted molar refractivity (Wildman–Crippen MR) is 208 cm³/mol. The zero-order valence-electron chi connectivity index (χ0n) is 26.7. The van der Waals surface area contributed by atoms with Gasteiger partial charge in [0, 0.05) is 53.3 Å². The average molecular weight is 655 g/mol. The molecule has 0 saturated heterocycles. The van der Waals surface area contributed by atoms with Crippen molar-refractivity contribution in [3.8, 4) is 45.7 Å². The highest BCUT2D eigenvalue weighted by Gasteiger charge is 2.21. The van der Waals surface area contributed by atoms with Crippen molar-refractivity contribution in [3.63, 3.8) is 0 Å². The molecule has 0 radical (unpaired) electrons. The van der Waals surface area contributed by atoms with Gasteiger partial charge in [-0.15, -0.1) is 11.3 Å². The lowest BCUT2D eigenvalue weighted by atomic mass is 9.97. The number of para-hydroxylation sites is 2. The molecule has 0 unspecified atom stereocenters. The summed E-state index contributed by atoms with van der Waals surface area (Å²) < 4.78 is 4.81. The Kier molecular flexibility index (Phi) is 6.38. The van der Waals surface area contributed by atoms with E-state index in [0.717, 1.165) is 38.5 Å². The van der Waals surface area contributed by atoms with E-state index in [1.54, 1.807) is 0 Å². The van der Waals surface area contributed by atoms with Gasteiger partial charge in [0.25, 0.3) is 0 Å². The standard InChI is InChI=1S/C45H26N4S/c46-27-37-42(31-20-19-28-11-7-8-14-30(28)25-31)47-45(29-12-3-1-4-13-29)48-43(37)32-21-24-40-36(26-32)34-22-23-39-41(44(34)50-40)35-17-9-10-18-38(35)49(39)33-15-5-2-6-16-33/h1-26H. The second-order valence-corrected chi connectivity index (χ2v) is 13.5. The minimum Gasteiger partial charge on any atom is -0.309 e. The van der Waals surface area contributed by atoms with E-state index in [-0.39, 0.29) is 0 Å². The largest absolute Gasteiger partial charge is 0.309 e. The number of hydrogen-bond acceptors (Lipinski definition) is 4. The monoisotopic (exact) mass is 654 g/mol. The van der Waals surface area contributed by atoms with Gasteiger partial charge in [-0.2, -0.15) is 5.26 Å². The van der Waals surface area contributed by atoms with Crippen molar-refractivity contribution < 1.29 is 0 Å². The fraction of sp³-hybridized carbons (Fsp3) is 0. The van der Waals surface area contributed by atoms with E-state index in [1.807, 2.05) is 53.8 Å². The van der Waals surface area contributed by atoms with Crippen molar-refractivity contribution in [2.24, 2.45) is 0 Å². The van der Waals surface area contributed by atoms with Gasteiger partial charge >= 0.3 is 0 Å². The van der Waals surface area contributed by atoms with Gasteiger partial charge in [0.1, 0.15) is 11.6 Å². The van der Waals surface area contributed by atoms with Crippen LogP contribution in [0.3, 0.4) is 0 Å². The molecule has 0 N–H and O–H groups in total.